The fraction of sp³-hybridized carbons (Fsp3) is 0.556. The molecule has 0 spiro atoms. The SMILES string of the molecule is CCCCN(C)Cc1oc2ccccc2c1CNC(C)C. The minimum atomic E-state index is 0.476. The van der Waals surface area contributed by atoms with Crippen LogP contribution in [0.5, 0.6) is 0 Å². The molecule has 2 rings (SSSR count). The minimum absolute atomic E-state index is 0.476. The fourth-order valence-electron chi connectivity index (χ4n) is 2.53. The maximum atomic E-state index is 6.10. The second kappa shape index (κ2) is 7.62. The Morgan fingerprint density at radius 1 is 1.24 bits per heavy atom. The Morgan fingerprint density at radius 2 is 2.00 bits per heavy atom. The summed E-state index contributed by atoms with van der Waals surface area (Å²) in [6.07, 6.45) is 2.46. The van der Waals surface area contributed by atoms with Crippen LogP contribution in [0.2, 0.25) is 0 Å². The van der Waals surface area contributed by atoms with Crippen molar-refractivity contribution in [1.82, 2.24) is 10.2 Å². The first-order valence-corrected chi connectivity index (χ1v) is 8.03. The van der Waals surface area contributed by atoms with Crippen molar-refractivity contribution >= 4 is 11.0 Å². The Labute approximate surface area is 128 Å². The van der Waals surface area contributed by atoms with Crippen molar-refractivity contribution in [3.63, 3.8) is 0 Å². The van der Waals surface area contributed by atoms with Gasteiger partial charge in [-0.3, -0.25) is 4.90 Å². The molecule has 1 aromatic heterocycles. The molecule has 0 bridgehead atoms. The molecule has 1 N–H and O–H groups in total. The molecule has 0 atom stereocenters. The smallest absolute Gasteiger partial charge is 0.134 e. The highest BCUT2D eigenvalue weighted by atomic mass is 16.3. The summed E-state index contributed by atoms with van der Waals surface area (Å²) >= 11 is 0. The van der Waals surface area contributed by atoms with E-state index in [1.165, 1.54) is 23.8 Å². The van der Waals surface area contributed by atoms with Gasteiger partial charge in [-0.25, -0.2) is 0 Å². The van der Waals surface area contributed by atoms with Crippen LogP contribution in [-0.2, 0) is 13.1 Å². The summed E-state index contributed by atoms with van der Waals surface area (Å²) in [4.78, 5) is 2.35. The molecule has 0 aliphatic heterocycles. The monoisotopic (exact) mass is 288 g/mol. The first-order valence-electron chi connectivity index (χ1n) is 8.03. The Morgan fingerprint density at radius 3 is 2.71 bits per heavy atom. The summed E-state index contributed by atoms with van der Waals surface area (Å²) in [6.45, 7) is 9.44. The molecule has 0 amide bonds. The number of hydrogen-bond acceptors (Lipinski definition) is 3. The third-order valence-electron chi connectivity index (χ3n) is 3.78. The van der Waals surface area contributed by atoms with Crippen molar-refractivity contribution in [2.75, 3.05) is 13.6 Å². The average Bonchev–Trinajstić information content (AvgIpc) is 2.80. The van der Waals surface area contributed by atoms with Crippen molar-refractivity contribution in [1.29, 1.82) is 0 Å². The van der Waals surface area contributed by atoms with Gasteiger partial charge in [-0.1, -0.05) is 45.4 Å². The third-order valence-corrected chi connectivity index (χ3v) is 3.78. The molecule has 0 aliphatic rings. The summed E-state index contributed by atoms with van der Waals surface area (Å²) in [5.41, 5.74) is 2.31. The molecule has 2 aromatic rings. The normalized spacial score (nSPS) is 11.9. The van der Waals surface area contributed by atoms with Gasteiger partial charge in [0.2, 0.25) is 0 Å². The maximum Gasteiger partial charge on any atom is 0.134 e. The summed E-state index contributed by atoms with van der Waals surface area (Å²) in [7, 11) is 2.17. The molecular formula is C18H28N2O. The van der Waals surface area contributed by atoms with E-state index in [1.54, 1.807) is 0 Å². The molecule has 3 nitrogen and oxygen atoms in total. The number of furan rings is 1. The second-order valence-corrected chi connectivity index (χ2v) is 6.13. The van der Waals surface area contributed by atoms with E-state index in [1.807, 2.05) is 6.07 Å². The minimum Gasteiger partial charge on any atom is -0.459 e. The van der Waals surface area contributed by atoms with Crippen molar-refractivity contribution in [3.8, 4) is 0 Å². The number of hydrogen-bond donors (Lipinski definition) is 1. The zero-order valence-corrected chi connectivity index (χ0v) is 13.8. The van der Waals surface area contributed by atoms with E-state index < -0.39 is 0 Å². The van der Waals surface area contributed by atoms with Crippen LogP contribution in [0.3, 0.4) is 0 Å². The lowest BCUT2D eigenvalue weighted by Crippen LogP contribution is -2.24. The van der Waals surface area contributed by atoms with Crippen molar-refractivity contribution in [2.45, 2.75) is 52.7 Å². The Balaban J connectivity index is 2.21. The van der Waals surface area contributed by atoms with Gasteiger partial charge < -0.3 is 9.73 Å². The lowest BCUT2D eigenvalue weighted by atomic mass is 10.1. The Kier molecular flexibility index (Phi) is 5.83. The van der Waals surface area contributed by atoms with Crippen LogP contribution in [0.4, 0.5) is 0 Å². The van der Waals surface area contributed by atoms with Gasteiger partial charge in [-0.2, -0.15) is 0 Å². The fourth-order valence-corrected chi connectivity index (χ4v) is 2.53. The highest BCUT2D eigenvalue weighted by molar-refractivity contribution is 5.82. The van der Waals surface area contributed by atoms with E-state index in [0.29, 0.717) is 6.04 Å². The van der Waals surface area contributed by atoms with E-state index >= 15 is 0 Å². The lowest BCUT2D eigenvalue weighted by molar-refractivity contribution is 0.292. The van der Waals surface area contributed by atoms with Gasteiger partial charge in [0.1, 0.15) is 11.3 Å². The van der Waals surface area contributed by atoms with E-state index in [4.69, 9.17) is 4.42 Å². The topological polar surface area (TPSA) is 28.4 Å². The quantitative estimate of drug-likeness (QED) is 0.790. The zero-order valence-electron chi connectivity index (χ0n) is 13.8. The summed E-state index contributed by atoms with van der Waals surface area (Å²) < 4.78 is 6.10. The number of rotatable bonds is 8. The van der Waals surface area contributed by atoms with Crippen molar-refractivity contribution < 1.29 is 4.42 Å². The number of fused-ring (bicyclic) bond motifs is 1. The van der Waals surface area contributed by atoms with Gasteiger partial charge >= 0.3 is 0 Å². The highest BCUT2D eigenvalue weighted by Gasteiger charge is 2.15. The van der Waals surface area contributed by atoms with E-state index in [0.717, 1.165) is 31.0 Å². The summed E-state index contributed by atoms with van der Waals surface area (Å²) in [5, 5.41) is 4.76. The first-order chi connectivity index (χ1) is 10.1. The predicted molar refractivity (Wildman–Crippen MR) is 89.4 cm³/mol. The molecular weight excluding hydrogens is 260 g/mol. The number of benzene rings is 1. The van der Waals surface area contributed by atoms with Gasteiger partial charge in [0.15, 0.2) is 0 Å². The van der Waals surface area contributed by atoms with Crippen molar-refractivity contribution in [2.24, 2.45) is 0 Å². The summed E-state index contributed by atoms with van der Waals surface area (Å²) in [6, 6.07) is 8.82. The van der Waals surface area contributed by atoms with Crippen LogP contribution >= 0.6 is 0 Å². The molecule has 0 aliphatic carbocycles. The van der Waals surface area contributed by atoms with Gasteiger partial charge in [-0.15, -0.1) is 0 Å². The highest BCUT2D eigenvalue weighted by Crippen LogP contribution is 2.26. The molecule has 116 valence electrons. The zero-order chi connectivity index (χ0) is 15.2. The van der Waals surface area contributed by atoms with Gasteiger partial charge in [0.05, 0.1) is 6.54 Å². The second-order valence-electron chi connectivity index (χ2n) is 6.13. The number of nitrogens with zero attached hydrogens (tertiary/aromatic N) is 1. The third kappa shape index (κ3) is 4.32. The Bertz CT molecular complexity index is 559. The molecule has 0 fully saturated rings. The number of unbranched alkanes of at least 4 members (excludes halogenated alkanes) is 1. The first kappa shape index (κ1) is 16.1. The molecule has 1 aromatic carbocycles. The van der Waals surface area contributed by atoms with E-state index in [2.05, 4.69) is 56.2 Å². The van der Waals surface area contributed by atoms with Gasteiger partial charge in [0.25, 0.3) is 0 Å². The van der Waals surface area contributed by atoms with Crippen LogP contribution < -0.4 is 5.32 Å². The van der Waals surface area contributed by atoms with Crippen LogP contribution in [0.1, 0.15) is 44.9 Å². The predicted octanol–water partition coefficient (Wildman–Crippen LogP) is 4.16. The summed E-state index contributed by atoms with van der Waals surface area (Å²) in [5.74, 6) is 1.10. The molecule has 0 radical (unpaired) electrons. The largest absolute Gasteiger partial charge is 0.459 e. The van der Waals surface area contributed by atoms with Crippen LogP contribution in [0, 0.1) is 0 Å². The number of para-hydroxylation sites is 1. The van der Waals surface area contributed by atoms with Crippen molar-refractivity contribution in [3.05, 3.63) is 35.6 Å². The van der Waals surface area contributed by atoms with Gasteiger partial charge in [-0.05, 0) is 26.1 Å². The van der Waals surface area contributed by atoms with Crippen LogP contribution in [-0.4, -0.2) is 24.5 Å². The molecule has 1 heterocycles. The molecule has 21 heavy (non-hydrogen) atoms. The van der Waals surface area contributed by atoms with Crippen LogP contribution in [0.25, 0.3) is 11.0 Å². The van der Waals surface area contributed by atoms with Crippen LogP contribution in [0.15, 0.2) is 28.7 Å². The van der Waals surface area contributed by atoms with E-state index in [-0.39, 0.29) is 0 Å². The Hall–Kier alpha value is -1.32. The molecule has 0 saturated carbocycles. The standard InChI is InChI=1S/C18H28N2O/c1-5-6-11-20(4)13-18-16(12-19-14(2)3)15-9-7-8-10-17(15)21-18/h7-10,14,19H,5-6,11-13H2,1-4H3. The lowest BCUT2D eigenvalue weighted by Gasteiger charge is -2.16. The molecule has 0 unspecified atom stereocenters. The molecule has 3 heteroatoms. The maximum absolute atomic E-state index is 6.10. The van der Waals surface area contributed by atoms with E-state index in [9.17, 15) is 0 Å². The average molecular weight is 288 g/mol. The molecule has 0 saturated heterocycles. The van der Waals surface area contributed by atoms with Gasteiger partial charge in [0, 0.05) is 23.5 Å². The number of nitrogens with one attached hydrogen (secondary N) is 1.